The van der Waals surface area contributed by atoms with E-state index in [2.05, 4.69) is 44.9 Å². The second-order valence-electron chi connectivity index (χ2n) is 5.57. The Morgan fingerprint density at radius 1 is 1.24 bits per heavy atom. The summed E-state index contributed by atoms with van der Waals surface area (Å²) in [5, 5.41) is 7.96. The van der Waals surface area contributed by atoms with E-state index in [4.69, 9.17) is 0 Å². The predicted octanol–water partition coefficient (Wildman–Crippen LogP) is 2.35. The number of fused-ring (bicyclic) bond motifs is 1. The monoisotopic (exact) mass is 282 g/mol. The van der Waals surface area contributed by atoms with Crippen molar-refractivity contribution in [1.29, 1.82) is 0 Å². The van der Waals surface area contributed by atoms with E-state index in [1.807, 2.05) is 19.3 Å². The maximum atomic E-state index is 4.49. The highest BCUT2D eigenvalue weighted by molar-refractivity contribution is 5.82. The minimum Gasteiger partial charge on any atom is -0.356 e. The number of aromatic nitrogens is 1. The molecule has 0 saturated heterocycles. The number of pyridine rings is 1. The summed E-state index contributed by atoms with van der Waals surface area (Å²) >= 11 is 0. The van der Waals surface area contributed by atoms with E-state index in [0.717, 1.165) is 36.9 Å². The first-order valence-corrected chi connectivity index (χ1v) is 7.64. The van der Waals surface area contributed by atoms with Crippen LogP contribution in [-0.2, 0) is 6.42 Å². The first-order valence-electron chi connectivity index (χ1n) is 7.64. The van der Waals surface area contributed by atoms with E-state index < -0.39 is 0 Å². The average Bonchev–Trinajstić information content (AvgIpc) is 3.35. The second kappa shape index (κ2) is 6.57. The topological polar surface area (TPSA) is 49.3 Å². The van der Waals surface area contributed by atoms with Crippen molar-refractivity contribution in [3.63, 3.8) is 0 Å². The Kier molecular flexibility index (Phi) is 4.34. The first-order chi connectivity index (χ1) is 10.4. The van der Waals surface area contributed by atoms with Crippen molar-refractivity contribution in [2.75, 3.05) is 20.1 Å². The van der Waals surface area contributed by atoms with Gasteiger partial charge in [-0.15, -0.1) is 0 Å². The number of nitrogens with zero attached hydrogens (tertiary/aromatic N) is 2. The summed E-state index contributed by atoms with van der Waals surface area (Å²) in [6, 6.07) is 10.4. The van der Waals surface area contributed by atoms with E-state index >= 15 is 0 Å². The van der Waals surface area contributed by atoms with Crippen molar-refractivity contribution in [1.82, 2.24) is 15.6 Å². The van der Waals surface area contributed by atoms with E-state index in [1.54, 1.807) is 0 Å². The van der Waals surface area contributed by atoms with Crippen molar-refractivity contribution in [3.05, 3.63) is 42.1 Å². The van der Waals surface area contributed by atoms with Crippen LogP contribution in [0.4, 0.5) is 0 Å². The van der Waals surface area contributed by atoms with Gasteiger partial charge in [-0.3, -0.25) is 9.98 Å². The summed E-state index contributed by atoms with van der Waals surface area (Å²) in [5.74, 6) is 1.75. The Labute approximate surface area is 125 Å². The van der Waals surface area contributed by atoms with Crippen molar-refractivity contribution in [2.24, 2.45) is 10.9 Å². The van der Waals surface area contributed by atoms with Gasteiger partial charge in [-0.05, 0) is 36.8 Å². The Balaban J connectivity index is 1.55. The largest absolute Gasteiger partial charge is 0.356 e. The van der Waals surface area contributed by atoms with Gasteiger partial charge in [-0.1, -0.05) is 24.3 Å². The average molecular weight is 282 g/mol. The van der Waals surface area contributed by atoms with Crippen LogP contribution in [0, 0.1) is 5.92 Å². The maximum absolute atomic E-state index is 4.49. The van der Waals surface area contributed by atoms with Crippen molar-refractivity contribution in [2.45, 2.75) is 19.3 Å². The van der Waals surface area contributed by atoms with Crippen LogP contribution in [0.25, 0.3) is 10.9 Å². The van der Waals surface area contributed by atoms with Gasteiger partial charge in [-0.25, -0.2) is 0 Å². The number of nitrogens with one attached hydrogen (secondary N) is 2. The van der Waals surface area contributed by atoms with Crippen LogP contribution in [0.1, 0.15) is 18.4 Å². The predicted molar refractivity (Wildman–Crippen MR) is 87.5 cm³/mol. The SMILES string of the molecule is CN=C(NCCc1cccc2cccnc12)NCC1CC1. The molecule has 0 atom stereocenters. The van der Waals surface area contributed by atoms with Gasteiger partial charge < -0.3 is 10.6 Å². The van der Waals surface area contributed by atoms with E-state index in [1.165, 1.54) is 23.8 Å². The molecule has 1 aliphatic rings. The number of guanidine groups is 1. The summed E-state index contributed by atoms with van der Waals surface area (Å²) < 4.78 is 0. The zero-order chi connectivity index (χ0) is 14.5. The standard InChI is InChI=1S/C17H22N4/c1-18-17(21-12-13-7-8-13)20-11-9-15-5-2-4-14-6-3-10-19-16(14)15/h2-6,10,13H,7-9,11-12H2,1H3,(H2,18,20,21). The molecule has 21 heavy (non-hydrogen) atoms. The minimum absolute atomic E-state index is 0.853. The van der Waals surface area contributed by atoms with Gasteiger partial charge in [0.1, 0.15) is 0 Å². The van der Waals surface area contributed by atoms with E-state index in [0.29, 0.717) is 0 Å². The van der Waals surface area contributed by atoms with Gasteiger partial charge in [-0.2, -0.15) is 0 Å². The number of hydrogen-bond donors (Lipinski definition) is 2. The summed E-state index contributed by atoms with van der Waals surface area (Å²) in [4.78, 5) is 8.75. The molecule has 4 nitrogen and oxygen atoms in total. The highest BCUT2D eigenvalue weighted by Gasteiger charge is 2.20. The second-order valence-corrected chi connectivity index (χ2v) is 5.57. The number of rotatable bonds is 5. The molecule has 0 unspecified atom stereocenters. The highest BCUT2D eigenvalue weighted by Crippen LogP contribution is 2.27. The molecule has 110 valence electrons. The molecular weight excluding hydrogens is 260 g/mol. The fourth-order valence-corrected chi connectivity index (χ4v) is 2.47. The smallest absolute Gasteiger partial charge is 0.190 e. The molecule has 0 radical (unpaired) electrons. The number of benzene rings is 1. The minimum atomic E-state index is 0.853. The lowest BCUT2D eigenvalue weighted by atomic mass is 10.1. The van der Waals surface area contributed by atoms with Crippen LogP contribution in [-0.4, -0.2) is 31.1 Å². The molecule has 0 spiro atoms. The number of aliphatic imine (C=N–C) groups is 1. The van der Waals surface area contributed by atoms with Gasteiger partial charge in [0.15, 0.2) is 5.96 Å². The lowest BCUT2D eigenvalue weighted by molar-refractivity contribution is 0.735. The summed E-state index contributed by atoms with van der Waals surface area (Å²) in [6.07, 6.45) is 5.51. The van der Waals surface area contributed by atoms with Crippen LogP contribution in [0.5, 0.6) is 0 Å². The zero-order valence-corrected chi connectivity index (χ0v) is 12.5. The molecular formula is C17H22N4. The van der Waals surface area contributed by atoms with Crippen LogP contribution < -0.4 is 10.6 Å². The lowest BCUT2D eigenvalue weighted by Gasteiger charge is -2.12. The molecule has 1 aromatic carbocycles. The fourth-order valence-electron chi connectivity index (χ4n) is 2.47. The van der Waals surface area contributed by atoms with Crippen molar-refractivity contribution < 1.29 is 0 Å². The highest BCUT2D eigenvalue weighted by atomic mass is 15.2. The molecule has 3 rings (SSSR count). The van der Waals surface area contributed by atoms with Gasteiger partial charge >= 0.3 is 0 Å². The first kappa shape index (κ1) is 13.9. The van der Waals surface area contributed by atoms with Crippen molar-refractivity contribution >= 4 is 16.9 Å². The Morgan fingerprint density at radius 2 is 2.10 bits per heavy atom. The Hall–Kier alpha value is -2.10. The molecule has 2 aromatic rings. The van der Waals surface area contributed by atoms with Gasteiger partial charge in [0.2, 0.25) is 0 Å². The Morgan fingerprint density at radius 3 is 2.90 bits per heavy atom. The van der Waals surface area contributed by atoms with Gasteiger partial charge in [0.05, 0.1) is 5.52 Å². The van der Waals surface area contributed by atoms with Crippen LogP contribution in [0.2, 0.25) is 0 Å². The third kappa shape index (κ3) is 3.72. The molecule has 0 amide bonds. The maximum Gasteiger partial charge on any atom is 0.190 e. The molecule has 1 saturated carbocycles. The van der Waals surface area contributed by atoms with Crippen LogP contribution >= 0.6 is 0 Å². The lowest BCUT2D eigenvalue weighted by Crippen LogP contribution is -2.39. The van der Waals surface area contributed by atoms with Crippen LogP contribution in [0.3, 0.4) is 0 Å². The van der Waals surface area contributed by atoms with Crippen molar-refractivity contribution in [3.8, 4) is 0 Å². The van der Waals surface area contributed by atoms with Crippen LogP contribution in [0.15, 0.2) is 41.5 Å². The zero-order valence-electron chi connectivity index (χ0n) is 12.5. The summed E-state index contributed by atoms with van der Waals surface area (Å²) in [7, 11) is 1.82. The summed E-state index contributed by atoms with van der Waals surface area (Å²) in [6.45, 7) is 1.90. The normalized spacial score (nSPS) is 15.2. The number of para-hydroxylation sites is 1. The number of hydrogen-bond acceptors (Lipinski definition) is 2. The molecule has 2 N–H and O–H groups in total. The van der Waals surface area contributed by atoms with Gasteiger partial charge in [0.25, 0.3) is 0 Å². The molecule has 0 bridgehead atoms. The Bertz CT molecular complexity index is 626. The molecule has 1 fully saturated rings. The van der Waals surface area contributed by atoms with E-state index in [9.17, 15) is 0 Å². The third-order valence-electron chi connectivity index (χ3n) is 3.88. The fraction of sp³-hybridized carbons (Fsp3) is 0.412. The molecule has 0 aliphatic heterocycles. The molecule has 4 heteroatoms. The molecule has 1 aliphatic carbocycles. The molecule has 1 aromatic heterocycles. The molecule has 1 heterocycles. The third-order valence-corrected chi connectivity index (χ3v) is 3.88. The van der Waals surface area contributed by atoms with E-state index in [-0.39, 0.29) is 0 Å². The van der Waals surface area contributed by atoms with Gasteiger partial charge in [0, 0.05) is 31.7 Å². The quantitative estimate of drug-likeness (QED) is 0.654. The summed E-state index contributed by atoms with van der Waals surface area (Å²) in [5.41, 5.74) is 2.38.